The standard InChI is InChI=1S/C32H22Cl2F6O2S/c33-27-13-9-23(10-14-27)29(17-7-21-3-1-5-25(19-21)31(35,36)37)43(41,42)30(24-11-15-28(34)16-12-24)18-8-22-4-2-6-26(20-22)32(38,39)40/h1-20,29-30H/b17-7+,18-8+. The van der Waals surface area contributed by atoms with Crippen molar-refractivity contribution in [1.29, 1.82) is 0 Å². The van der Waals surface area contributed by atoms with Crippen molar-refractivity contribution >= 4 is 45.2 Å². The zero-order chi connectivity index (χ0) is 31.4. The van der Waals surface area contributed by atoms with E-state index >= 15 is 0 Å². The van der Waals surface area contributed by atoms with Crippen molar-refractivity contribution < 1.29 is 34.8 Å². The number of sulfone groups is 1. The minimum absolute atomic E-state index is 0.117. The Labute approximate surface area is 254 Å². The molecule has 0 spiro atoms. The van der Waals surface area contributed by atoms with Crippen LogP contribution in [0.1, 0.15) is 43.9 Å². The first-order valence-electron chi connectivity index (χ1n) is 12.6. The Morgan fingerprint density at radius 2 is 0.907 bits per heavy atom. The van der Waals surface area contributed by atoms with Gasteiger partial charge in [-0.25, -0.2) is 8.42 Å². The fourth-order valence-corrected chi connectivity index (χ4v) is 6.55. The molecule has 0 aliphatic heterocycles. The molecule has 4 aromatic rings. The maximum absolute atomic E-state index is 14.4. The average molecular weight is 655 g/mol. The molecule has 43 heavy (non-hydrogen) atoms. The summed E-state index contributed by atoms with van der Waals surface area (Å²) in [5.74, 6) is 0. The van der Waals surface area contributed by atoms with E-state index in [0.29, 0.717) is 10.0 Å². The molecule has 2 atom stereocenters. The summed E-state index contributed by atoms with van der Waals surface area (Å²) in [5, 5.41) is -2.10. The summed E-state index contributed by atoms with van der Waals surface area (Å²) in [6.07, 6.45) is -4.09. The van der Waals surface area contributed by atoms with Gasteiger partial charge in [0.1, 0.15) is 10.5 Å². The first-order valence-corrected chi connectivity index (χ1v) is 15.0. The van der Waals surface area contributed by atoms with E-state index in [1.165, 1.54) is 97.1 Å². The fourth-order valence-electron chi connectivity index (χ4n) is 4.32. The second kappa shape index (κ2) is 13.0. The summed E-state index contributed by atoms with van der Waals surface area (Å²) >= 11 is 12.0. The molecule has 0 aromatic heterocycles. The summed E-state index contributed by atoms with van der Waals surface area (Å²) in [4.78, 5) is 0. The number of alkyl halides is 6. The van der Waals surface area contributed by atoms with Crippen LogP contribution >= 0.6 is 23.2 Å². The van der Waals surface area contributed by atoms with Crippen LogP contribution in [0.25, 0.3) is 12.2 Å². The molecule has 0 N–H and O–H groups in total. The molecule has 0 radical (unpaired) electrons. The van der Waals surface area contributed by atoms with Crippen LogP contribution in [-0.4, -0.2) is 8.42 Å². The van der Waals surface area contributed by atoms with Crippen molar-refractivity contribution in [2.75, 3.05) is 0 Å². The third-order valence-corrected chi connectivity index (χ3v) is 9.24. The van der Waals surface area contributed by atoms with Crippen LogP contribution in [0.4, 0.5) is 26.3 Å². The molecule has 2 unspecified atom stereocenters. The van der Waals surface area contributed by atoms with E-state index in [2.05, 4.69) is 0 Å². The Balaban J connectivity index is 1.83. The van der Waals surface area contributed by atoms with Gasteiger partial charge in [0.2, 0.25) is 0 Å². The highest BCUT2D eigenvalue weighted by Crippen LogP contribution is 2.39. The van der Waals surface area contributed by atoms with Gasteiger partial charge in [-0.3, -0.25) is 0 Å². The molecule has 0 heterocycles. The maximum Gasteiger partial charge on any atom is 0.416 e. The summed E-state index contributed by atoms with van der Waals surface area (Å²) in [5.41, 5.74) is -1.01. The zero-order valence-corrected chi connectivity index (χ0v) is 24.3. The minimum atomic E-state index is -4.60. The fraction of sp³-hybridized carbons (Fsp3) is 0.125. The largest absolute Gasteiger partial charge is 0.416 e. The molecule has 0 fully saturated rings. The molecular weight excluding hydrogens is 633 g/mol. The van der Waals surface area contributed by atoms with Crippen molar-refractivity contribution in [2.24, 2.45) is 0 Å². The van der Waals surface area contributed by atoms with Crippen molar-refractivity contribution in [2.45, 2.75) is 22.9 Å². The van der Waals surface area contributed by atoms with Gasteiger partial charge in [-0.1, -0.05) is 96.0 Å². The van der Waals surface area contributed by atoms with Crippen LogP contribution in [-0.2, 0) is 22.2 Å². The van der Waals surface area contributed by atoms with Crippen LogP contribution in [0.5, 0.6) is 0 Å². The summed E-state index contributed by atoms with van der Waals surface area (Å²) in [7, 11) is -4.32. The predicted octanol–water partition coefficient (Wildman–Crippen LogP) is 10.7. The molecule has 0 amide bonds. The highest BCUT2D eigenvalue weighted by Gasteiger charge is 2.34. The molecule has 0 aliphatic carbocycles. The van der Waals surface area contributed by atoms with E-state index in [9.17, 15) is 34.8 Å². The van der Waals surface area contributed by atoms with Gasteiger partial charge >= 0.3 is 12.4 Å². The van der Waals surface area contributed by atoms with Crippen LogP contribution in [0.3, 0.4) is 0 Å². The smallest absolute Gasteiger partial charge is 0.227 e. The molecule has 4 aromatic carbocycles. The Bertz CT molecular complexity index is 1600. The summed E-state index contributed by atoms with van der Waals surface area (Å²) in [6.45, 7) is 0. The van der Waals surface area contributed by atoms with Gasteiger partial charge in [-0.2, -0.15) is 26.3 Å². The molecule has 224 valence electrons. The monoisotopic (exact) mass is 654 g/mol. The molecule has 2 nitrogen and oxygen atoms in total. The lowest BCUT2D eigenvalue weighted by Crippen LogP contribution is -2.19. The highest BCUT2D eigenvalue weighted by molar-refractivity contribution is 7.92. The Kier molecular flexibility index (Phi) is 9.79. The first kappa shape index (κ1) is 32.4. The lowest BCUT2D eigenvalue weighted by atomic mass is 10.1. The van der Waals surface area contributed by atoms with E-state index < -0.39 is 43.8 Å². The second-order valence-electron chi connectivity index (χ2n) is 9.50. The normalized spacial score (nSPS) is 14.3. The average Bonchev–Trinajstić information content (AvgIpc) is 2.94. The Morgan fingerprint density at radius 3 is 1.23 bits per heavy atom. The van der Waals surface area contributed by atoms with Crippen molar-refractivity contribution in [1.82, 2.24) is 0 Å². The van der Waals surface area contributed by atoms with Gasteiger partial charge in [-0.15, -0.1) is 0 Å². The second-order valence-corrected chi connectivity index (χ2v) is 12.6. The van der Waals surface area contributed by atoms with Crippen molar-refractivity contribution in [3.05, 3.63) is 153 Å². The molecule has 0 saturated heterocycles. The topological polar surface area (TPSA) is 34.1 Å². The quantitative estimate of drug-likeness (QED) is 0.177. The summed E-state index contributed by atoms with van der Waals surface area (Å²) in [6, 6.07) is 20.7. The van der Waals surface area contributed by atoms with Gasteiger partial charge < -0.3 is 0 Å². The van der Waals surface area contributed by atoms with Crippen molar-refractivity contribution in [3.8, 4) is 0 Å². The molecule has 0 saturated carbocycles. The lowest BCUT2D eigenvalue weighted by molar-refractivity contribution is -0.138. The summed E-state index contributed by atoms with van der Waals surface area (Å²) < 4.78 is 108. The van der Waals surface area contributed by atoms with Crippen LogP contribution < -0.4 is 0 Å². The van der Waals surface area contributed by atoms with Crippen LogP contribution in [0.2, 0.25) is 10.0 Å². The van der Waals surface area contributed by atoms with E-state index in [1.807, 2.05) is 0 Å². The number of hydrogen-bond acceptors (Lipinski definition) is 2. The number of halogens is 8. The number of hydrogen-bond donors (Lipinski definition) is 0. The molecular formula is C32H22Cl2F6O2S. The van der Waals surface area contributed by atoms with Crippen LogP contribution in [0.15, 0.2) is 109 Å². The van der Waals surface area contributed by atoms with E-state index in [1.54, 1.807) is 0 Å². The van der Waals surface area contributed by atoms with Gasteiger partial charge in [0.05, 0.1) is 11.1 Å². The third kappa shape index (κ3) is 8.31. The van der Waals surface area contributed by atoms with Gasteiger partial charge in [0.25, 0.3) is 0 Å². The Morgan fingerprint density at radius 1 is 0.558 bits per heavy atom. The van der Waals surface area contributed by atoms with E-state index in [0.717, 1.165) is 24.3 Å². The first-order chi connectivity index (χ1) is 20.1. The Hall–Kier alpha value is -3.53. The molecule has 0 bridgehead atoms. The maximum atomic E-state index is 14.4. The van der Waals surface area contributed by atoms with Gasteiger partial charge in [0.15, 0.2) is 9.84 Å². The number of benzene rings is 4. The SMILES string of the molecule is O=S(=O)(C(/C=C/c1cccc(C(F)(F)F)c1)c1ccc(Cl)cc1)C(/C=C/c1cccc(C(F)(F)F)c1)c1ccc(Cl)cc1. The molecule has 11 heteroatoms. The molecule has 4 rings (SSSR count). The minimum Gasteiger partial charge on any atom is -0.227 e. The lowest BCUT2D eigenvalue weighted by Gasteiger charge is -2.22. The van der Waals surface area contributed by atoms with Crippen molar-refractivity contribution in [3.63, 3.8) is 0 Å². The predicted molar refractivity (Wildman–Crippen MR) is 158 cm³/mol. The van der Waals surface area contributed by atoms with Gasteiger partial charge in [0, 0.05) is 10.0 Å². The third-order valence-electron chi connectivity index (χ3n) is 6.46. The molecule has 0 aliphatic rings. The highest BCUT2D eigenvalue weighted by atomic mass is 35.5. The zero-order valence-electron chi connectivity index (χ0n) is 22.0. The van der Waals surface area contributed by atoms with E-state index in [4.69, 9.17) is 23.2 Å². The van der Waals surface area contributed by atoms with Crippen LogP contribution in [0, 0.1) is 0 Å². The van der Waals surface area contributed by atoms with Gasteiger partial charge in [-0.05, 0) is 70.8 Å². The van der Waals surface area contributed by atoms with E-state index in [-0.39, 0.29) is 22.3 Å². The number of rotatable bonds is 8.